The largest absolute Gasteiger partial charge is 0.481 e. The third kappa shape index (κ3) is 3.97. The SMILES string of the molecule is O=C(O)C1CC=CCC1C(=O)NC(c1ccccc1)c1ccccc1. The number of allylic oxidation sites excluding steroid dienone is 2. The van der Waals surface area contributed by atoms with Gasteiger partial charge in [0.15, 0.2) is 0 Å². The highest BCUT2D eigenvalue weighted by atomic mass is 16.4. The number of rotatable bonds is 5. The predicted octanol–water partition coefficient (Wildman–Crippen LogP) is 3.56. The van der Waals surface area contributed by atoms with E-state index < -0.39 is 17.8 Å². The molecule has 2 atom stereocenters. The van der Waals surface area contributed by atoms with Gasteiger partial charge in [0, 0.05) is 0 Å². The Balaban J connectivity index is 1.86. The summed E-state index contributed by atoms with van der Waals surface area (Å²) in [7, 11) is 0. The lowest BCUT2D eigenvalue weighted by Crippen LogP contribution is -2.40. The molecule has 25 heavy (non-hydrogen) atoms. The highest BCUT2D eigenvalue weighted by molar-refractivity contribution is 5.85. The molecule has 4 nitrogen and oxygen atoms in total. The van der Waals surface area contributed by atoms with E-state index in [4.69, 9.17) is 0 Å². The molecule has 0 aromatic heterocycles. The number of benzene rings is 2. The molecule has 0 saturated heterocycles. The number of nitrogens with one attached hydrogen (secondary N) is 1. The normalized spacial score (nSPS) is 19.6. The van der Waals surface area contributed by atoms with Gasteiger partial charge in [0.1, 0.15) is 0 Å². The van der Waals surface area contributed by atoms with Gasteiger partial charge in [-0.3, -0.25) is 9.59 Å². The summed E-state index contributed by atoms with van der Waals surface area (Å²) in [6.45, 7) is 0. The number of hydrogen-bond acceptors (Lipinski definition) is 2. The van der Waals surface area contributed by atoms with E-state index >= 15 is 0 Å². The van der Waals surface area contributed by atoms with Gasteiger partial charge in [-0.1, -0.05) is 72.8 Å². The third-order valence-electron chi connectivity index (χ3n) is 4.64. The van der Waals surface area contributed by atoms with Crippen LogP contribution in [0.1, 0.15) is 30.0 Å². The van der Waals surface area contributed by atoms with E-state index in [0.717, 1.165) is 11.1 Å². The molecule has 2 aromatic rings. The molecule has 0 radical (unpaired) electrons. The number of hydrogen-bond donors (Lipinski definition) is 2. The second-order valence-electron chi connectivity index (χ2n) is 6.26. The summed E-state index contributed by atoms with van der Waals surface area (Å²) in [4.78, 5) is 24.3. The van der Waals surface area contributed by atoms with Crippen molar-refractivity contribution in [3.8, 4) is 0 Å². The van der Waals surface area contributed by atoms with Crippen molar-refractivity contribution in [2.24, 2.45) is 11.8 Å². The summed E-state index contributed by atoms with van der Waals surface area (Å²) in [5, 5.41) is 12.5. The molecule has 2 aromatic carbocycles. The van der Waals surface area contributed by atoms with Crippen LogP contribution in [0.4, 0.5) is 0 Å². The van der Waals surface area contributed by atoms with E-state index in [-0.39, 0.29) is 11.9 Å². The molecule has 0 spiro atoms. The molecule has 1 aliphatic carbocycles. The Morgan fingerprint density at radius 3 is 1.80 bits per heavy atom. The molecule has 3 rings (SSSR count). The van der Waals surface area contributed by atoms with Crippen LogP contribution in [-0.2, 0) is 9.59 Å². The molecule has 0 bridgehead atoms. The minimum atomic E-state index is -0.916. The summed E-state index contributed by atoms with van der Waals surface area (Å²) in [5.74, 6) is -2.34. The molecule has 0 fully saturated rings. The summed E-state index contributed by atoms with van der Waals surface area (Å²) >= 11 is 0. The summed E-state index contributed by atoms with van der Waals surface area (Å²) in [6, 6.07) is 19.2. The van der Waals surface area contributed by atoms with Gasteiger partial charge in [-0.15, -0.1) is 0 Å². The van der Waals surface area contributed by atoms with Gasteiger partial charge in [0.2, 0.25) is 5.91 Å². The Bertz CT molecular complexity index is 716. The average Bonchev–Trinajstić information content (AvgIpc) is 2.67. The van der Waals surface area contributed by atoms with Gasteiger partial charge >= 0.3 is 5.97 Å². The number of carboxylic acids is 1. The minimum Gasteiger partial charge on any atom is -0.481 e. The zero-order valence-corrected chi connectivity index (χ0v) is 13.8. The number of amides is 1. The second-order valence-corrected chi connectivity index (χ2v) is 6.26. The van der Waals surface area contributed by atoms with Gasteiger partial charge in [-0.05, 0) is 24.0 Å². The molecule has 0 aliphatic heterocycles. The van der Waals surface area contributed by atoms with E-state index in [9.17, 15) is 14.7 Å². The second kappa shape index (κ2) is 7.79. The summed E-state index contributed by atoms with van der Waals surface area (Å²) < 4.78 is 0. The van der Waals surface area contributed by atoms with Crippen molar-refractivity contribution in [1.82, 2.24) is 5.32 Å². The highest BCUT2D eigenvalue weighted by Crippen LogP contribution is 2.28. The number of carbonyl (C=O) groups is 2. The van der Waals surface area contributed by atoms with Crippen LogP contribution in [0.2, 0.25) is 0 Å². The lowest BCUT2D eigenvalue weighted by Gasteiger charge is -2.27. The fraction of sp³-hybridized carbons (Fsp3) is 0.238. The first-order chi connectivity index (χ1) is 12.2. The Kier molecular flexibility index (Phi) is 5.29. The zero-order chi connectivity index (χ0) is 17.6. The van der Waals surface area contributed by atoms with E-state index in [1.165, 1.54) is 0 Å². The van der Waals surface area contributed by atoms with Gasteiger partial charge < -0.3 is 10.4 Å². The van der Waals surface area contributed by atoms with E-state index in [1.807, 2.05) is 72.8 Å². The molecular formula is C21H21NO3. The maximum atomic E-state index is 12.9. The van der Waals surface area contributed by atoms with E-state index in [2.05, 4.69) is 5.32 Å². The molecule has 0 saturated carbocycles. The fourth-order valence-corrected chi connectivity index (χ4v) is 3.28. The van der Waals surface area contributed by atoms with Crippen LogP contribution in [0.25, 0.3) is 0 Å². The predicted molar refractivity (Wildman–Crippen MR) is 95.9 cm³/mol. The smallest absolute Gasteiger partial charge is 0.307 e. The molecule has 128 valence electrons. The van der Waals surface area contributed by atoms with E-state index in [0.29, 0.717) is 12.8 Å². The molecule has 1 aliphatic rings. The van der Waals surface area contributed by atoms with Crippen LogP contribution in [-0.4, -0.2) is 17.0 Å². The number of aliphatic carboxylic acids is 1. The quantitative estimate of drug-likeness (QED) is 0.821. The van der Waals surface area contributed by atoms with Crippen LogP contribution >= 0.6 is 0 Å². The van der Waals surface area contributed by atoms with Crippen molar-refractivity contribution in [1.29, 1.82) is 0 Å². The standard InChI is InChI=1S/C21H21NO3/c23-20(17-13-7-8-14-18(17)21(24)25)22-19(15-9-3-1-4-10-15)16-11-5-2-6-12-16/h1-12,17-19H,13-14H2,(H,22,23)(H,24,25). The van der Waals surface area contributed by atoms with Gasteiger partial charge in [-0.25, -0.2) is 0 Å². The lowest BCUT2D eigenvalue weighted by atomic mass is 9.82. The fourth-order valence-electron chi connectivity index (χ4n) is 3.28. The molecule has 0 heterocycles. The van der Waals surface area contributed by atoms with Gasteiger partial charge in [0.05, 0.1) is 17.9 Å². The van der Waals surface area contributed by atoms with Crippen LogP contribution in [0.5, 0.6) is 0 Å². The van der Waals surface area contributed by atoms with Gasteiger partial charge in [-0.2, -0.15) is 0 Å². The van der Waals surface area contributed by atoms with Crippen LogP contribution in [0.3, 0.4) is 0 Å². The van der Waals surface area contributed by atoms with Crippen molar-refractivity contribution in [2.75, 3.05) is 0 Å². The summed E-state index contributed by atoms with van der Waals surface area (Å²) in [5.41, 5.74) is 1.94. The van der Waals surface area contributed by atoms with Crippen molar-refractivity contribution >= 4 is 11.9 Å². The first-order valence-corrected chi connectivity index (χ1v) is 8.45. The highest BCUT2D eigenvalue weighted by Gasteiger charge is 2.35. The average molecular weight is 335 g/mol. The number of carboxylic acid groups (broad SMARTS) is 1. The van der Waals surface area contributed by atoms with Crippen LogP contribution < -0.4 is 5.32 Å². The number of carbonyl (C=O) groups excluding carboxylic acids is 1. The first kappa shape index (κ1) is 17.0. The summed E-state index contributed by atoms with van der Waals surface area (Å²) in [6.07, 6.45) is 4.59. The monoisotopic (exact) mass is 335 g/mol. The maximum absolute atomic E-state index is 12.9. The first-order valence-electron chi connectivity index (χ1n) is 8.45. The van der Waals surface area contributed by atoms with Crippen molar-refractivity contribution in [2.45, 2.75) is 18.9 Å². The minimum absolute atomic E-state index is 0.213. The molecule has 2 N–H and O–H groups in total. The zero-order valence-electron chi connectivity index (χ0n) is 13.8. The van der Waals surface area contributed by atoms with Crippen LogP contribution in [0.15, 0.2) is 72.8 Å². The van der Waals surface area contributed by atoms with Gasteiger partial charge in [0.25, 0.3) is 0 Å². The Morgan fingerprint density at radius 1 is 0.840 bits per heavy atom. The molecular weight excluding hydrogens is 314 g/mol. The Hall–Kier alpha value is -2.88. The molecule has 1 amide bonds. The van der Waals surface area contributed by atoms with Crippen molar-refractivity contribution in [3.05, 3.63) is 83.9 Å². The molecule has 4 heteroatoms. The van der Waals surface area contributed by atoms with E-state index in [1.54, 1.807) is 0 Å². The third-order valence-corrected chi connectivity index (χ3v) is 4.64. The topological polar surface area (TPSA) is 66.4 Å². The molecule has 2 unspecified atom stereocenters. The maximum Gasteiger partial charge on any atom is 0.307 e. The lowest BCUT2D eigenvalue weighted by molar-refractivity contribution is -0.147. The Labute approximate surface area is 147 Å². The van der Waals surface area contributed by atoms with Crippen molar-refractivity contribution in [3.63, 3.8) is 0 Å². The van der Waals surface area contributed by atoms with Crippen molar-refractivity contribution < 1.29 is 14.7 Å². The van der Waals surface area contributed by atoms with Crippen LogP contribution in [0, 0.1) is 11.8 Å². The Morgan fingerprint density at radius 2 is 1.32 bits per heavy atom.